The van der Waals surface area contributed by atoms with Crippen molar-refractivity contribution in [1.29, 1.82) is 0 Å². The standard InChI is InChI=1S/C14H10BrNO5/c1-20-14(17)9-2-5-11(6-3-9)21-13-8-10(15)4-7-12(13)16(18)19/h2-8H,1H3. The van der Waals surface area contributed by atoms with Gasteiger partial charge in [-0.2, -0.15) is 0 Å². The summed E-state index contributed by atoms with van der Waals surface area (Å²) in [4.78, 5) is 21.7. The van der Waals surface area contributed by atoms with Crippen molar-refractivity contribution in [2.75, 3.05) is 7.11 Å². The normalized spacial score (nSPS) is 10.0. The van der Waals surface area contributed by atoms with Crippen LogP contribution in [0.25, 0.3) is 0 Å². The second kappa shape index (κ2) is 6.36. The largest absolute Gasteiger partial charge is 0.465 e. The summed E-state index contributed by atoms with van der Waals surface area (Å²) in [5.41, 5.74) is 0.226. The highest BCUT2D eigenvalue weighted by Gasteiger charge is 2.16. The number of nitro benzene ring substituents is 1. The number of benzene rings is 2. The van der Waals surface area contributed by atoms with E-state index in [1.807, 2.05) is 0 Å². The van der Waals surface area contributed by atoms with Crippen molar-refractivity contribution in [3.05, 3.63) is 62.6 Å². The number of hydrogen-bond donors (Lipinski definition) is 0. The molecule has 0 bridgehead atoms. The Morgan fingerprint density at radius 1 is 1.19 bits per heavy atom. The Morgan fingerprint density at radius 2 is 1.86 bits per heavy atom. The fourth-order valence-corrected chi connectivity index (χ4v) is 1.96. The lowest BCUT2D eigenvalue weighted by Gasteiger charge is -2.07. The quantitative estimate of drug-likeness (QED) is 0.473. The molecule has 0 spiro atoms. The molecule has 0 fully saturated rings. The topological polar surface area (TPSA) is 78.7 Å². The number of nitro groups is 1. The van der Waals surface area contributed by atoms with E-state index in [1.54, 1.807) is 6.07 Å². The van der Waals surface area contributed by atoms with E-state index < -0.39 is 10.9 Å². The zero-order valence-electron chi connectivity index (χ0n) is 10.9. The maximum absolute atomic E-state index is 11.3. The van der Waals surface area contributed by atoms with Gasteiger partial charge in [-0.25, -0.2) is 4.79 Å². The summed E-state index contributed by atoms with van der Waals surface area (Å²) in [7, 11) is 1.29. The molecule has 0 saturated heterocycles. The van der Waals surface area contributed by atoms with Gasteiger partial charge in [0.15, 0.2) is 0 Å². The molecule has 0 N–H and O–H groups in total. The molecule has 7 heteroatoms. The minimum atomic E-state index is -0.523. The Hall–Kier alpha value is -2.41. The maximum Gasteiger partial charge on any atom is 0.337 e. The number of esters is 1. The molecule has 0 saturated carbocycles. The average molecular weight is 352 g/mol. The highest BCUT2D eigenvalue weighted by Crippen LogP contribution is 2.33. The molecule has 108 valence electrons. The van der Waals surface area contributed by atoms with E-state index in [9.17, 15) is 14.9 Å². The van der Waals surface area contributed by atoms with Crippen LogP contribution in [0.3, 0.4) is 0 Å². The molecule has 0 amide bonds. The van der Waals surface area contributed by atoms with E-state index >= 15 is 0 Å². The number of ether oxygens (including phenoxy) is 2. The third-order valence-electron chi connectivity index (χ3n) is 2.62. The fraction of sp³-hybridized carbons (Fsp3) is 0.0714. The van der Waals surface area contributed by atoms with Crippen LogP contribution in [0, 0.1) is 10.1 Å². The van der Waals surface area contributed by atoms with Crippen molar-refractivity contribution in [3.63, 3.8) is 0 Å². The molecule has 0 unspecified atom stereocenters. The molecule has 0 aromatic heterocycles. The van der Waals surface area contributed by atoms with Crippen molar-refractivity contribution >= 4 is 27.6 Å². The van der Waals surface area contributed by atoms with Crippen LogP contribution in [-0.2, 0) is 4.74 Å². The van der Waals surface area contributed by atoms with E-state index in [0.29, 0.717) is 15.8 Å². The minimum absolute atomic E-state index is 0.111. The molecule has 2 aromatic carbocycles. The lowest BCUT2D eigenvalue weighted by Crippen LogP contribution is -2.00. The molecule has 21 heavy (non-hydrogen) atoms. The number of carbonyl (C=O) groups is 1. The Balaban J connectivity index is 2.28. The van der Waals surface area contributed by atoms with Crippen LogP contribution in [0.15, 0.2) is 46.9 Å². The van der Waals surface area contributed by atoms with Crippen molar-refractivity contribution < 1.29 is 19.2 Å². The monoisotopic (exact) mass is 351 g/mol. The molecule has 0 heterocycles. The molecule has 6 nitrogen and oxygen atoms in total. The minimum Gasteiger partial charge on any atom is -0.465 e. The number of halogens is 1. The molecule has 0 aliphatic rings. The van der Waals surface area contributed by atoms with Crippen molar-refractivity contribution in [1.82, 2.24) is 0 Å². The zero-order valence-corrected chi connectivity index (χ0v) is 12.5. The number of carbonyl (C=O) groups excluding carboxylic acids is 1. The Labute approximate surface area is 128 Å². The van der Waals surface area contributed by atoms with Gasteiger partial charge in [-0.15, -0.1) is 0 Å². The summed E-state index contributed by atoms with van der Waals surface area (Å²) < 4.78 is 10.7. The first-order chi connectivity index (χ1) is 10.0. The number of nitrogens with zero attached hydrogens (tertiary/aromatic N) is 1. The van der Waals surface area contributed by atoms with Gasteiger partial charge in [0, 0.05) is 16.6 Å². The molecule has 0 atom stereocenters. The van der Waals surface area contributed by atoms with Gasteiger partial charge in [0.25, 0.3) is 0 Å². The first-order valence-corrected chi connectivity index (χ1v) is 6.60. The summed E-state index contributed by atoms with van der Waals surface area (Å²) in [6.07, 6.45) is 0. The van der Waals surface area contributed by atoms with E-state index in [2.05, 4.69) is 20.7 Å². The van der Waals surface area contributed by atoms with Gasteiger partial charge >= 0.3 is 11.7 Å². The van der Waals surface area contributed by atoms with Crippen LogP contribution in [0.2, 0.25) is 0 Å². The van der Waals surface area contributed by atoms with E-state index in [-0.39, 0.29) is 11.4 Å². The summed E-state index contributed by atoms with van der Waals surface area (Å²) >= 11 is 3.24. The number of rotatable bonds is 4. The average Bonchev–Trinajstić information content (AvgIpc) is 2.47. The summed E-state index contributed by atoms with van der Waals surface area (Å²) in [5.74, 6) is 0.0269. The van der Waals surface area contributed by atoms with Crippen molar-refractivity contribution in [2.45, 2.75) is 0 Å². The maximum atomic E-state index is 11.3. The van der Waals surface area contributed by atoms with Gasteiger partial charge in [0.1, 0.15) is 5.75 Å². The van der Waals surface area contributed by atoms with Crippen LogP contribution in [0.4, 0.5) is 5.69 Å². The lowest BCUT2D eigenvalue weighted by atomic mass is 10.2. The predicted molar refractivity (Wildman–Crippen MR) is 78.7 cm³/mol. The van der Waals surface area contributed by atoms with Crippen LogP contribution in [0.1, 0.15) is 10.4 Å². The third kappa shape index (κ3) is 3.57. The van der Waals surface area contributed by atoms with Gasteiger partial charge in [0.2, 0.25) is 5.75 Å². The van der Waals surface area contributed by atoms with Gasteiger partial charge < -0.3 is 9.47 Å². The molecule has 2 aromatic rings. The van der Waals surface area contributed by atoms with Gasteiger partial charge in [0.05, 0.1) is 17.6 Å². The zero-order chi connectivity index (χ0) is 15.4. The molecule has 2 rings (SSSR count). The lowest BCUT2D eigenvalue weighted by molar-refractivity contribution is -0.385. The summed E-state index contributed by atoms with van der Waals surface area (Å²) in [6, 6.07) is 10.5. The first kappa shape index (κ1) is 15.0. The van der Waals surface area contributed by atoms with Crippen molar-refractivity contribution in [3.8, 4) is 11.5 Å². The van der Waals surface area contributed by atoms with Crippen LogP contribution in [-0.4, -0.2) is 18.0 Å². The van der Waals surface area contributed by atoms with Gasteiger partial charge in [-0.1, -0.05) is 15.9 Å². The Bertz CT molecular complexity index is 684. The third-order valence-corrected chi connectivity index (χ3v) is 3.12. The van der Waals surface area contributed by atoms with E-state index in [0.717, 1.165) is 0 Å². The molecular formula is C14H10BrNO5. The Morgan fingerprint density at radius 3 is 2.43 bits per heavy atom. The van der Waals surface area contributed by atoms with Crippen LogP contribution in [0.5, 0.6) is 11.5 Å². The van der Waals surface area contributed by atoms with E-state index in [4.69, 9.17) is 4.74 Å². The molecular weight excluding hydrogens is 342 g/mol. The Kier molecular flexibility index (Phi) is 4.54. The van der Waals surface area contributed by atoms with Crippen LogP contribution >= 0.6 is 15.9 Å². The number of methoxy groups -OCH3 is 1. The van der Waals surface area contributed by atoms with Crippen LogP contribution < -0.4 is 4.74 Å². The summed E-state index contributed by atoms with van der Waals surface area (Å²) in [5, 5.41) is 11.0. The van der Waals surface area contributed by atoms with Crippen molar-refractivity contribution in [2.24, 2.45) is 0 Å². The predicted octanol–water partition coefficient (Wildman–Crippen LogP) is 3.94. The molecule has 0 aliphatic heterocycles. The van der Waals surface area contributed by atoms with Gasteiger partial charge in [-0.3, -0.25) is 10.1 Å². The fourth-order valence-electron chi connectivity index (χ4n) is 1.62. The summed E-state index contributed by atoms with van der Waals surface area (Å²) in [6.45, 7) is 0. The second-order valence-electron chi connectivity index (χ2n) is 3.99. The second-order valence-corrected chi connectivity index (χ2v) is 4.90. The highest BCUT2D eigenvalue weighted by molar-refractivity contribution is 9.10. The highest BCUT2D eigenvalue weighted by atomic mass is 79.9. The molecule has 0 radical (unpaired) electrons. The smallest absolute Gasteiger partial charge is 0.337 e. The molecule has 0 aliphatic carbocycles. The first-order valence-electron chi connectivity index (χ1n) is 5.81. The van der Waals surface area contributed by atoms with Gasteiger partial charge in [-0.05, 0) is 30.3 Å². The number of hydrogen-bond acceptors (Lipinski definition) is 5. The van der Waals surface area contributed by atoms with E-state index in [1.165, 1.54) is 43.5 Å². The SMILES string of the molecule is COC(=O)c1ccc(Oc2cc(Br)ccc2[N+](=O)[O-])cc1.